The Morgan fingerprint density at radius 1 is 1.09 bits per heavy atom. The zero-order valence-electron chi connectivity index (χ0n) is 14.6. The number of likely N-dealkylation sites (tertiary alicyclic amines) is 1. The van der Waals surface area contributed by atoms with E-state index >= 15 is 0 Å². The van der Waals surface area contributed by atoms with Crippen LogP contribution in [0.2, 0.25) is 0 Å². The number of anilines is 1. The van der Waals surface area contributed by atoms with E-state index in [2.05, 4.69) is 51.3 Å². The Kier molecular flexibility index (Phi) is 5.42. The summed E-state index contributed by atoms with van der Waals surface area (Å²) < 4.78 is 0. The van der Waals surface area contributed by atoms with Crippen LogP contribution in [0.25, 0.3) is 0 Å². The summed E-state index contributed by atoms with van der Waals surface area (Å²) in [7, 11) is 1.88. The number of hydrogen-bond donors (Lipinski definition) is 1. The van der Waals surface area contributed by atoms with Gasteiger partial charge in [-0.15, -0.1) is 0 Å². The molecule has 0 aromatic heterocycles. The van der Waals surface area contributed by atoms with Crippen LogP contribution in [0.1, 0.15) is 38.2 Å². The van der Waals surface area contributed by atoms with E-state index in [0.717, 1.165) is 31.5 Å². The first-order chi connectivity index (χ1) is 11.3. The molecule has 4 heteroatoms. The molecule has 2 aliphatic heterocycles. The molecule has 0 atom stereocenters. The monoisotopic (exact) mass is 314 g/mol. The molecular formula is C19H30N4. The highest BCUT2D eigenvalue weighted by Crippen LogP contribution is 2.23. The van der Waals surface area contributed by atoms with Gasteiger partial charge in [0.25, 0.3) is 0 Å². The van der Waals surface area contributed by atoms with Crippen molar-refractivity contribution in [2.45, 2.75) is 39.2 Å². The fourth-order valence-electron chi connectivity index (χ4n) is 3.53. The fraction of sp³-hybridized carbons (Fsp3) is 0.632. The van der Waals surface area contributed by atoms with Crippen LogP contribution in [-0.2, 0) is 6.54 Å². The Balaban J connectivity index is 1.53. The first kappa shape index (κ1) is 16.2. The van der Waals surface area contributed by atoms with Crippen LogP contribution in [0.3, 0.4) is 0 Å². The normalized spacial score (nSPS) is 20.2. The zero-order chi connectivity index (χ0) is 16.1. The third kappa shape index (κ3) is 4.18. The molecule has 126 valence electrons. The average Bonchev–Trinajstić information content (AvgIpc) is 3.11. The standard InChI is InChI=1S/C19H30N4/c1-16-9-13-22(14-10-16)18-7-5-17(6-8-18)15-21-19(20-2)23-11-3-4-12-23/h5-8,16H,3-4,9-15H2,1-2H3,(H,20,21). The van der Waals surface area contributed by atoms with Gasteiger partial charge in [0.15, 0.2) is 5.96 Å². The minimum atomic E-state index is 0.848. The van der Waals surface area contributed by atoms with Crippen LogP contribution in [0.4, 0.5) is 5.69 Å². The Labute approximate surface area is 140 Å². The van der Waals surface area contributed by atoms with Crippen molar-refractivity contribution in [1.29, 1.82) is 0 Å². The lowest BCUT2D eigenvalue weighted by Gasteiger charge is -2.32. The quantitative estimate of drug-likeness (QED) is 0.687. The van der Waals surface area contributed by atoms with Gasteiger partial charge in [-0.2, -0.15) is 0 Å². The van der Waals surface area contributed by atoms with Crippen LogP contribution < -0.4 is 10.2 Å². The number of guanidine groups is 1. The second kappa shape index (κ2) is 7.71. The minimum Gasteiger partial charge on any atom is -0.372 e. The average molecular weight is 314 g/mol. The number of rotatable bonds is 3. The Morgan fingerprint density at radius 2 is 1.74 bits per heavy atom. The summed E-state index contributed by atoms with van der Waals surface area (Å²) in [6.07, 6.45) is 5.19. The molecule has 3 rings (SSSR count). The van der Waals surface area contributed by atoms with E-state index in [1.54, 1.807) is 0 Å². The third-order valence-corrected chi connectivity index (χ3v) is 5.15. The van der Waals surface area contributed by atoms with Gasteiger partial charge >= 0.3 is 0 Å². The molecule has 23 heavy (non-hydrogen) atoms. The smallest absolute Gasteiger partial charge is 0.193 e. The van der Waals surface area contributed by atoms with Gasteiger partial charge in [0.2, 0.25) is 0 Å². The molecule has 0 saturated carbocycles. The van der Waals surface area contributed by atoms with Crippen molar-refractivity contribution in [1.82, 2.24) is 10.2 Å². The molecule has 2 aliphatic rings. The lowest BCUT2D eigenvalue weighted by atomic mass is 9.99. The van der Waals surface area contributed by atoms with Gasteiger partial charge in [0.05, 0.1) is 0 Å². The molecule has 0 radical (unpaired) electrons. The van der Waals surface area contributed by atoms with Crippen molar-refractivity contribution >= 4 is 11.6 Å². The predicted octanol–water partition coefficient (Wildman–Crippen LogP) is 3.09. The number of hydrogen-bond acceptors (Lipinski definition) is 2. The maximum absolute atomic E-state index is 4.41. The van der Waals surface area contributed by atoms with Crippen molar-refractivity contribution in [2.75, 3.05) is 38.1 Å². The molecule has 1 N–H and O–H groups in total. The summed E-state index contributed by atoms with van der Waals surface area (Å²) in [5, 5.41) is 3.49. The van der Waals surface area contributed by atoms with E-state index in [1.807, 2.05) is 7.05 Å². The van der Waals surface area contributed by atoms with Gasteiger partial charge in [-0.05, 0) is 49.3 Å². The summed E-state index contributed by atoms with van der Waals surface area (Å²) in [6.45, 7) is 7.86. The molecule has 2 saturated heterocycles. The number of nitrogens with one attached hydrogen (secondary N) is 1. The van der Waals surface area contributed by atoms with E-state index in [0.29, 0.717) is 0 Å². The van der Waals surface area contributed by atoms with E-state index in [9.17, 15) is 0 Å². The maximum atomic E-state index is 4.41. The van der Waals surface area contributed by atoms with Crippen molar-refractivity contribution in [3.63, 3.8) is 0 Å². The van der Waals surface area contributed by atoms with E-state index in [4.69, 9.17) is 0 Å². The lowest BCUT2D eigenvalue weighted by molar-refractivity contribution is 0.438. The summed E-state index contributed by atoms with van der Waals surface area (Å²) in [6, 6.07) is 9.03. The molecule has 0 bridgehead atoms. The lowest BCUT2D eigenvalue weighted by Crippen LogP contribution is -2.39. The Hall–Kier alpha value is -1.71. The molecule has 4 nitrogen and oxygen atoms in total. The van der Waals surface area contributed by atoms with Gasteiger partial charge in [0, 0.05) is 45.5 Å². The zero-order valence-corrected chi connectivity index (χ0v) is 14.6. The molecule has 1 aromatic rings. The summed E-state index contributed by atoms with van der Waals surface area (Å²) in [5.41, 5.74) is 2.68. The maximum Gasteiger partial charge on any atom is 0.193 e. The Morgan fingerprint density at radius 3 is 2.35 bits per heavy atom. The summed E-state index contributed by atoms with van der Waals surface area (Å²) in [5.74, 6) is 1.92. The minimum absolute atomic E-state index is 0.848. The molecule has 0 aliphatic carbocycles. The predicted molar refractivity (Wildman–Crippen MR) is 98.1 cm³/mol. The second-order valence-corrected chi connectivity index (χ2v) is 6.93. The molecule has 0 spiro atoms. The fourth-order valence-corrected chi connectivity index (χ4v) is 3.53. The van der Waals surface area contributed by atoms with Gasteiger partial charge in [-0.25, -0.2) is 0 Å². The van der Waals surface area contributed by atoms with Crippen molar-refractivity contribution < 1.29 is 0 Å². The topological polar surface area (TPSA) is 30.9 Å². The third-order valence-electron chi connectivity index (χ3n) is 5.15. The van der Waals surface area contributed by atoms with Crippen molar-refractivity contribution in [2.24, 2.45) is 10.9 Å². The number of aliphatic imine (C=N–C) groups is 1. The van der Waals surface area contributed by atoms with Gasteiger partial charge in [-0.3, -0.25) is 4.99 Å². The molecule has 2 fully saturated rings. The van der Waals surface area contributed by atoms with Crippen LogP contribution >= 0.6 is 0 Å². The number of piperidine rings is 1. The molecule has 1 aromatic carbocycles. The summed E-state index contributed by atoms with van der Waals surface area (Å²) >= 11 is 0. The highest BCUT2D eigenvalue weighted by atomic mass is 15.3. The molecular weight excluding hydrogens is 284 g/mol. The van der Waals surface area contributed by atoms with E-state index < -0.39 is 0 Å². The van der Waals surface area contributed by atoms with Crippen molar-refractivity contribution in [3.8, 4) is 0 Å². The molecule has 2 heterocycles. The van der Waals surface area contributed by atoms with E-state index in [-0.39, 0.29) is 0 Å². The second-order valence-electron chi connectivity index (χ2n) is 6.93. The van der Waals surface area contributed by atoms with Crippen LogP contribution in [0.5, 0.6) is 0 Å². The highest BCUT2D eigenvalue weighted by Gasteiger charge is 2.17. The highest BCUT2D eigenvalue weighted by molar-refractivity contribution is 5.80. The summed E-state index contributed by atoms with van der Waals surface area (Å²) in [4.78, 5) is 9.27. The van der Waals surface area contributed by atoms with Crippen LogP contribution in [0, 0.1) is 5.92 Å². The molecule has 0 unspecified atom stereocenters. The van der Waals surface area contributed by atoms with Crippen molar-refractivity contribution in [3.05, 3.63) is 29.8 Å². The number of nitrogens with zero attached hydrogens (tertiary/aromatic N) is 3. The first-order valence-electron chi connectivity index (χ1n) is 9.06. The largest absolute Gasteiger partial charge is 0.372 e. The SMILES string of the molecule is CN=C(NCc1ccc(N2CCC(C)CC2)cc1)N1CCCC1. The first-order valence-corrected chi connectivity index (χ1v) is 9.06. The van der Waals surface area contributed by atoms with Gasteiger partial charge in [0.1, 0.15) is 0 Å². The van der Waals surface area contributed by atoms with Gasteiger partial charge < -0.3 is 15.1 Å². The van der Waals surface area contributed by atoms with Crippen LogP contribution in [-0.4, -0.2) is 44.1 Å². The Bertz CT molecular complexity index is 509. The number of benzene rings is 1. The van der Waals surface area contributed by atoms with Gasteiger partial charge in [-0.1, -0.05) is 19.1 Å². The van der Waals surface area contributed by atoms with Crippen LogP contribution in [0.15, 0.2) is 29.3 Å². The molecule has 0 amide bonds. The van der Waals surface area contributed by atoms with E-state index in [1.165, 1.54) is 50.0 Å².